The molecule has 1 fully saturated rings. The molecule has 3 aromatic rings. The summed E-state index contributed by atoms with van der Waals surface area (Å²) in [6.07, 6.45) is 12.2. The molecular weight excluding hydrogens is 558 g/mol. The van der Waals surface area contributed by atoms with Gasteiger partial charge in [-0.05, 0) is 83.7 Å². The summed E-state index contributed by atoms with van der Waals surface area (Å²) in [7, 11) is 0. The Hall–Kier alpha value is -2.76. The third-order valence-corrected chi connectivity index (χ3v) is 9.79. The van der Waals surface area contributed by atoms with Gasteiger partial charge in [0.15, 0.2) is 34.9 Å². The molecule has 5 rings (SSSR count). The molecule has 1 saturated carbocycles. The monoisotopic (exact) mass is 600 g/mol. The topological polar surface area (TPSA) is 0 Å². The molecule has 0 atom stereocenters. The normalized spacial score (nSPS) is 17.8. The zero-order chi connectivity index (χ0) is 30.7. The number of hydrogen-bond donors (Lipinski definition) is 0. The summed E-state index contributed by atoms with van der Waals surface area (Å²) in [6.45, 7) is 4.07. The van der Waals surface area contributed by atoms with E-state index < -0.39 is 34.9 Å². The molecule has 0 nitrogen and oxygen atoms in total. The quantitative estimate of drug-likeness (QED) is 0.112. The van der Waals surface area contributed by atoms with Crippen molar-refractivity contribution in [1.29, 1.82) is 0 Å². The van der Waals surface area contributed by atoms with Crippen molar-refractivity contribution in [3.63, 3.8) is 0 Å². The van der Waals surface area contributed by atoms with Crippen LogP contribution < -0.4 is 0 Å². The lowest BCUT2D eigenvalue weighted by Gasteiger charge is -2.28. The van der Waals surface area contributed by atoms with Crippen LogP contribution >= 0.6 is 0 Å². The van der Waals surface area contributed by atoms with Crippen molar-refractivity contribution in [2.45, 2.75) is 110 Å². The van der Waals surface area contributed by atoms with Crippen LogP contribution in [0.4, 0.5) is 26.3 Å². The van der Waals surface area contributed by atoms with E-state index in [2.05, 4.69) is 6.92 Å². The zero-order valence-electron chi connectivity index (χ0n) is 25.3. The fraction of sp³-hybridized carbons (Fsp3) is 0.514. The van der Waals surface area contributed by atoms with Crippen LogP contribution in [0.5, 0.6) is 0 Å². The van der Waals surface area contributed by atoms with Crippen molar-refractivity contribution in [3.8, 4) is 11.1 Å². The lowest BCUT2D eigenvalue weighted by molar-refractivity contribution is 0.248. The van der Waals surface area contributed by atoms with Gasteiger partial charge in [0.05, 0.1) is 0 Å². The number of fused-ring (bicyclic) bond motifs is 3. The molecule has 0 spiro atoms. The van der Waals surface area contributed by atoms with E-state index in [-0.39, 0.29) is 47.1 Å². The van der Waals surface area contributed by atoms with Crippen LogP contribution in [0.15, 0.2) is 24.3 Å². The Morgan fingerprint density at radius 2 is 0.977 bits per heavy atom. The molecule has 0 amide bonds. The van der Waals surface area contributed by atoms with Gasteiger partial charge in [-0.2, -0.15) is 0 Å². The van der Waals surface area contributed by atoms with Gasteiger partial charge in [0.1, 0.15) is 0 Å². The highest BCUT2D eigenvalue weighted by Gasteiger charge is 2.32. The van der Waals surface area contributed by atoms with Crippen molar-refractivity contribution >= 4 is 0 Å². The fourth-order valence-electron chi connectivity index (χ4n) is 7.27. The third-order valence-electron chi connectivity index (χ3n) is 9.79. The minimum absolute atomic E-state index is 0.00731. The third kappa shape index (κ3) is 6.68. The number of hydrogen-bond acceptors (Lipinski definition) is 0. The Balaban J connectivity index is 1.23. The van der Waals surface area contributed by atoms with Crippen molar-refractivity contribution in [2.24, 2.45) is 11.8 Å². The first-order valence-electron chi connectivity index (χ1n) is 16.2. The lowest BCUT2D eigenvalue weighted by Crippen LogP contribution is -2.15. The van der Waals surface area contributed by atoms with Gasteiger partial charge in [0.2, 0.25) is 0 Å². The molecule has 0 heterocycles. The standard InChI is InChI=1S/C37H42F6/c1-3-5-6-8-22-9-11-23(12-10-22)13-14-24-15-16-25(33(39)32(24)38)17-18-27-20-29-21-28-19-26(7-4-2)34(40)36(42)30(28)31(29)37(43)35(27)41/h15-16,19-20,22-23H,3-14,17-18,21H2,1-2H3. The van der Waals surface area contributed by atoms with E-state index in [0.717, 1.165) is 25.2 Å². The van der Waals surface area contributed by atoms with E-state index >= 15 is 17.6 Å². The molecule has 0 bridgehead atoms. The van der Waals surface area contributed by atoms with Crippen LogP contribution in [-0.4, -0.2) is 0 Å². The van der Waals surface area contributed by atoms with E-state index in [1.54, 1.807) is 12.1 Å². The molecule has 6 heteroatoms. The Bertz CT molecular complexity index is 1450. The summed E-state index contributed by atoms with van der Waals surface area (Å²) in [6, 6.07) is 6.15. The second kappa shape index (κ2) is 13.9. The SMILES string of the molecule is CCCCCC1CCC(CCc2ccc(CCc3cc4c(c(F)c3F)-c3c(cc(CCC)c(F)c3F)C4)c(F)c2F)CC1. The molecule has 2 aliphatic rings. The predicted molar refractivity (Wildman–Crippen MR) is 160 cm³/mol. The first-order valence-corrected chi connectivity index (χ1v) is 16.2. The average molecular weight is 601 g/mol. The van der Waals surface area contributed by atoms with Gasteiger partial charge in [-0.15, -0.1) is 0 Å². The maximum absolute atomic E-state index is 15.3. The van der Waals surface area contributed by atoms with Crippen LogP contribution in [0.25, 0.3) is 11.1 Å². The van der Waals surface area contributed by atoms with Crippen LogP contribution in [0.3, 0.4) is 0 Å². The molecule has 0 radical (unpaired) electrons. The number of unbranched alkanes of at least 4 members (excludes halogenated alkanes) is 2. The van der Waals surface area contributed by atoms with Crippen LogP contribution in [0, 0.1) is 46.7 Å². The number of aryl methyl sites for hydroxylation is 4. The molecule has 0 unspecified atom stereocenters. The summed E-state index contributed by atoms with van der Waals surface area (Å²) < 4.78 is 90.1. The molecule has 0 saturated heterocycles. The van der Waals surface area contributed by atoms with Crippen molar-refractivity contribution in [3.05, 3.63) is 92.5 Å². The molecule has 232 valence electrons. The van der Waals surface area contributed by atoms with Crippen LogP contribution in [-0.2, 0) is 32.1 Å². The van der Waals surface area contributed by atoms with Gasteiger partial charge in [-0.1, -0.05) is 95.9 Å². The first-order chi connectivity index (χ1) is 20.7. The number of benzene rings is 3. The molecule has 0 aromatic heterocycles. The Morgan fingerprint density at radius 1 is 0.512 bits per heavy atom. The lowest BCUT2D eigenvalue weighted by atomic mass is 9.77. The van der Waals surface area contributed by atoms with Gasteiger partial charge in [0, 0.05) is 11.1 Å². The van der Waals surface area contributed by atoms with E-state index in [0.29, 0.717) is 41.9 Å². The molecule has 43 heavy (non-hydrogen) atoms. The highest BCUT2D eigenvalue weighted by molar-refractivity contribution is 5.79. The summed E-state index contributed by atoms with van der Waals surface area (Å²) in [5, 5.41) is 0. The zero-order valence-corrected chi connectivity index (χ0v) is 25.3. The summed E-state index contributed by atoms with van der Waals surface area (Å²) >= 11 is 0. The maximum Gasteiger partial charge on any atom is 0.167 e. The number of rotatable bonds is 12. The highest BCUT2D eigenvalue weighted by atomic mass is 19.2. The second-order valence-corrected chi connectivity index (χ2v) is 12.8. The molecular formula is C37H42F6. The fourth-order valence-corrected chi connectivity index (χ4v) is 7.27. The van der Waals surface area contributed by atoms with E-state index in [4.69, 9.17) is 0 Å². The van der Waals surface area contributed by atoms with Gasteiger partial charge >= 0.3 is 0 Å². The number of halogens is 6. The summed E-state index contributed by atoms with van der Waals surface area (Å²) in [5.41, 5.74) is 1.02. The molecule has 3 aromatic carbocycles. The van der Waals surface area contributed by atoms with Gasteiger partial charge in [-0.3, -0.25) is 0 Å². The minimum atomic E-state index is -1.23. The van der Waals surface area contributed by atoms with E-state index in [1.807, 2.05) is 6.92 Å². The van der Waals surface area contributed by atoms with Gasteiger partial charge < -0.3 is 0 Å². The summed E-state index contributed by atoms with van der Waals surface area (Å²) in [5.74, 6) is -5.03. The second-order valence-electron chi connectivity index (χ2n) is 12.8. The largest absolute Gasteiger partial charge is 0.203 e. The Kier molecular flexibility index (Phi) is 10.2. The van der Waals surface area contributed by atoms with Crippen molar-refractivity contribution in [2.75, 3.05) is 0 Å². The van der Waals surface area contributed by atoms with E-state index in [1.165, 1.54) is 50.7 Å². The average Bonchev–Trinajstić information content (AvgIpc) is 3.37. The molecule has 0 N–H and O–H groups in total. The molecule has 2 aliphatic carbocycles. The van der Waals surface area contributed by atoms with Crippen LogP contribution in [0.1, 0.15) is 111 Å². The van der Waals surface area contributed by atoms with Crippen molar-refractivity contribution < 1.29 is 26.3 Å². The van der Waals surface area contributed by atoms with Gasteiger partial charge in [0.25, 0.3) is 0 Å². The van der Waals surface area contributed by atoms with E-state index in [9.17, 15) is 8.78 Å². The smallest absolute Gasteiger partial charge is 0.167 e. The minimum Gasteiger partial charge on any atom is -0.203 e. The predicted octanol–water partition coefficient (Wildman–Crippen LogP) is 11.1. The van der Waals surface area contributed by atoms with Crippen molar-refractivity contribution in [1.82, 2.24) is 0 Å². The molecule has 0 aliphatic heterocycles. The van der Waals surface area contributed by atoms with Crippen LogP contribution in [0.2, 0.25) is 0 Å². The van der Waals surface area contributed by atoms with Gasteiger partial charge in [-0.25, -0.2) is 26.3 Å². The first kappa shape index (κ1) is 31.7. The summed E-state index contributed by atoms with van der Waals surface area (Å²) in [4.78, 5) is 0. The Morgan fingerprint density at radius 3 is 1.51 bits per heavy atom. The highest BCUT2D eigenvalue weighted by Crippen LogP contribution is 2.43. The Labute approximate surface area is 251 Å². The maximum atomic E-state index is 15.3.